The van der Waals surface area contributed by atoms with Gasteiger partial charge in [0.15, 0.2) is 0 Å². The van der Waals surface area contributed by atoms with Crippen LogP contribution in [0.2, 0.25) is 0 Å². The SMILES string of the molecule is CC1(N)CCCCC1C(=O)NCc1cccc(C(=O)NC2CC2)c1. The number of carbonyl (C=O) groups excluding carboxylic acids is 2. The Labute approximate surface area is 143 Å². The van der Waals surface area contributed by atoms with E-state index in [4.69, 9.17) is 5.73 Å². The topological polar surface area (TPSA) is 84.2 Å². The molecular formula is C19H27N3O2. The lowest BCUT2D eigenvalue weighted by atomic mass is 9.74. The number of nitrogens with two attached hydrogens (primary N) is 1. The molecule has 0 spiro atoms. The molecule has 24 heavy (non-hydrogen) atoms. The van der Waals surface area contributed by atoms with Crippen molar-refractivity contribution in [3.63, 3.8) is 0 Å². The van der Waals surface area contributed by atoms with Gasteiger partial charge in [-0.2, -0.15) is 0 Å². The van der Waals surface area contributed by atoms with Crippen molar-refractivity contribution >= 4 is 11.8 Å². The monoisotopic (exact) mass is 329 g/mol. The summed E-state index contributed by atoms with van der Waals surface area (Å²) < 4.78 is 0. The molecule has 130 valence electrons. The van der Waals surface area contributed by atoms with Gasteiger partial charge in [0.05, 0.1) is 5.92 Å². The number of rotatable bonds is 5. The molecule has 5 heteroatoms. The van der Waals surface area contributed by atoms with E-state index in [1.165, 1.54) is 0 Å². The molecule has 0 aromatic heterocycles. The van der Waals surface area contributed by atoms with E-state index < -0.39 is 5.54 Å². The van der Waals surface area contributed by atoms with E-state index >= 15 is 0 Å². The normalized spacial score (nSPS) is 26.7. The van der Waals surface area contributed by atoms with E-state index in [1.807, 2.05) is 25.1 Å². The molecule has 0 heterocycles. The summed E-state index contributed by atoms with van der Waals surface area (Å²) in [5.74, 6) is -0.146. The number of hydrogen-bond donors (Lipinski definition) is 3. The number of nitrogens with one attached hydrogen (secondary N) is 2. The van der Waals surface area contributed by atoms with Crippen molar-refractivity contribution in [3.8, 4) is 0 Å². The molecule has 2 amide bonds. The first-order chi connectivity index (χ1) is 11.5. The maximum Gasteiger partial charge on any atom is 0.251 e. The largest absolute Gasteiger partial charge is 0.352 e. The van der Waals surface area contributed by atoms with Gasteiger partial charge >= 0.3 is 0 Å². The fourth-order valence-electron chi connectivity index (χ4n) is 3.42. The smallest absolute Gasteiger partial charge is 0.251 e. The maximum absolute atomic E-state index is 12.5. The van der Waals surface area contributed by atoms with Crippen LogP contribution in [0, 0.1) is 5.92 Å². The Morgan fingerprint density at radius 2 is 2.04 bits per heavy atom. The van der Waals surface area contributed by atoms with Gasteiger partial charge in [-0.15, -0.1) is 0 Å². The molecule has 3 rings (SSSR count). The Bertz CT molecular complexity index is 623. The van der Waals surface area contributed by atoms with Crippen molar-refractivity contribution < 1.29 is 9.59 Å². The van der Waals surface area contributed by atoms with E-state index in [0.717, 1.165) is 44.1 Å². The minimum Gasteiger partial charge on any atom is -0.352 e. The minimum absolute atomic E-state index is 0.0209. The number of hydrogen-bond acceptors (Lipinski definition) is 3. The van der Waals surface area contributed by atoms with Gasteiger partial charge in [0, 0.05) is 23.7 Å². The third-order valence-corrected chi connectivity index (χ3v) is 5.14. The van der Waals surface area contributed by atoms with Crippen LogP contribution in [0.3, 0.4) is 0 Å². The zero-order valence-corrected chi connectivity index (χ0v) is 14.3. The molecule has 2 fully saturated rings. The second kappa shape index (κ2) is 6.93. The molecular weight excluding hydrogens is 302 g/mol. The van der Waals surface area contributed by atoms with Crippen molar-refractivity contribution in [2.45, 2.75) is 63.6 Å². The van der Waals surface area contributed by atoms with Crippen LogP contribution in [-0.2, 0) is 11.3 Å². The van der Waals surface area contributed by atoms with Crippen LogP contribution in [0.1, 0.15) is 61.4 Å². The molecule has 2 saturated carbocycles. The van der Waals surface area contributed by atoms with E-state index in [1.54, 1.807) is 6.07 Å². The minimum atomic E-state index is -0.422. The van der Waals surface area contributed by atoms with Gasteiger partial charge in [0.2, 0.25) is 5.91 Å². The average molecular weight is 329 g/mol. The third-order valence-electron chi connectivity index (χ3n) is 5.14. The molecule has 1 aromatic carbocycles. The Kier molecular flexibility index (Phi) is 4.90. The predicted octanol–water partition coefficient (Wildman–Crippen LogP) is 2.10. The molecule has 0 saturated heterocycles. The van der Waals surface area contributed by atoms with Crippen LogP contribution in [-0.4, -0.2) is 23.4 Å². The van der Waals surface area contributed by atoms with Gasteiger partial charge in [-0.3, -0.25) is 9.59 Å². The van der Waals surface area contributed by atoms with Crippen LogP contribution in [0.4, 0.5) is 0 Å². The maximum atomic E-state index is 12.5. The Morgan fingerprint density at radius 3 is 2.75 bits per heavy atom. The molecule has 0 bridgehead atoms. The summed E-state index contributed by atoms with van der Waals surface area (Å²) in [6, 6.07) is 7.78. The number of amides is 2. The first-order valence-electron chi connectivity index (χ1n) is 8.92. The molecule has 2 aliphatic rings. The van der Waals surface area contributed by atoms with Gasteiger partial charge in [-0.05, 0) is 50.3 Å². The molecule has 2 unspecified atom stereocenters. The predicted molar refractivity (Wildman–Crippen MR) is 93.3 cm³/mol. The lowest BCUT2D eigenvalue weighted by Gasteiger charge is -2.37. The van der Waals surface area contributed by atoms with Crippen LogP contribution in [0.25, 0.3) is 0 Å². The molecule has 2 atom stereocenters. The zero-order valence-electron chi connectivity index (χ0n) is 14.3. The zero-order chi connectivity index (χ0) is 17.2. The lowest BCUT2D eigenvalue weighted by molar-refractivity contribution is -0.128. The summed E-state index contributed by atoms with van der Waals surface area (Å²) in [6.45, 7) is 2.40. The molecule has 1 aromatic rings. The van der Waals surface area contributed by atoms with Crippen LogP contribution in [0.5, 0.6) is 0 Å². The first kappa shape index (κ1) is 17.0. The van der Waals surface area contributed by atoms with E-state index in [-0.39, 0.29) is 17.7 Å². The van der Waals surface area contributed by atoms with Crippen molar-refractivity contribution in [2.24, 2.45) is 11.7 Å². The van der Waals surface area contributed by atoms with E-state index in [2.05, 4.69) is 10.6 Å². The third kappa shape index (κ3) is 4.15. The van der Waals surface area contributed by atoms with Crippen LogP contribution >= 0.6 is 0 Å². The van der Waals surface area contributed by atoms with Gasteiger partial charge < -0.3 is 16.4 Å². The van der Waals surface area contributed by atoms with Gasteiger partial charge in [0.1, 0.15) is 0 Å². The second-order valence-electron chi connectivity index (χ2n) is 7.47. The van der Waals surface area contributed by atoms with Gasteiger partial charge in [-0.25, -0.2) is 0 Å². The van der Waals surface area contributed by atoms with Crippen molar-refractivity contribution in [3.05, 3.63) is 35.4 Å². The summed E-state index contributed by atoms with van der Waals surface area (Å²) in [5.41, 5.74) is 7.45. The Balaban J connectivity index is 1.57. The quantitative estimate of drug-likeness (QED) is 0.773. The summed E-state index contributed by atoms with van der Waals surface area (Å²) in [5, 5.41) is 5.97. The van der Waals surface area contributed by atoms with Crippen molar-refractivity contribution in [1.29, 1.82) is 0 Å². The molecule has 0 radical (unpaired) electrons. The van der Waals surface area contributed by atoms with Crippen LogP contribution < -0.4 is 16.4 Å². The average Bonchev–Trinajstić information content (AvgIpc) is 3.36. The van der Waals surface area contributed by atoms with Gasteiger partial charge in [0.25, 0.3) is 5.91 Å². The number of carbonyl (C=O) groups is 2. The molecule has 4 N–H and O–H groups in total. The second-order valence-corrected chi connectivity index (χ2v) is 7.47. The standard InChI is InChI=1S/C19H27N3O2/c1-19(20)10-3-2-7-16(19)18(24)21-12-13-5-4-6-14(11-13)17(23)22-15-8-9-15/h4-6,11,15-16H,2-3,7-10,12,20H2,1H3,(H,21,24)(H,22,23). The number of benzene rings is 1. The van der Waals surface area contributed by atoms with Crippen molar-refractivity contribution in [2.75, 3.05) is 0 Å². The first-order valence-corrected chi connectivity index (χ1v) is 8.92. The van der Waals surface area contributed by atoms with Gasteiger partial charge in [-0.1, -0.05) is 25.0 Å². The van der Waals surface area contributed by atoms with Crippen molar-refractivity contribution in [1.82, 2.24) is 10.6 Å². The Hall–Kier alpha value is -1.88. The Morgan fingerprint density at radius 1 is 1.25 bits per heavy atom. The molecule has 2 aliphatic carbocycles. The molecule has 5 nitrogen and oxygen atoms in total. The summed E-state index contributed by atoms with van der Waals surface area (Å²) in [4.78, 5) is 24.6. The highest BCUT2D eigenvalue weighted by Crippen LogP contribution is 2.31. The van der Waals surface area contributed by atoms with Crippen LogP contribution in [0.15, 0.2) is 24.3 Å². The highest BCUT2D eigenvalue weighted by Gasteiger charge is 2.37. The highest BCUT2D eigenvalue weighted by atomic mass is 16.2. The fraction of sp³-hybridized carbons (Fsp3) is 0.579. The summed E-state index contributed by atoms with van der Waals surface area (Å²) in [6.07, 6.45) is 6.03. The fourth-order valence-corrected chi connectivity index (χ4v) is 3.42. The van der Waals surface area contributed by atoms with E-state index in [0.29, 0.717) is 18.2 Å². The van der Waals surface area contributed by atoms with E-state index in [9.17, 15) is 9.59 Å². The molecule has 0 aliphatic heterocycles. The summed E-state index contributed by atoms with van der Waals surface area (Å²) in [7, 11) is 0. The highest BCUT2D eigenvalue weighted by molar-refractivity contribution is 5.94. The lowest BCUT2D eigenvalue weighted by Crippen LogP contribution is -2.52. The summed E-state index contributed by atoms with van der Waals surface area (Å²) >= 11 is 0.